The molecule has 0 radical (unpaired) electrons. The van der Waals surface area contributed by atoms with Gasteiger partial charge in [-0.15, -0.1) is 11.3 Å². The molecule has 0 bridgehead atoms. The lowest BCUT2D eigenvalue weighted by Gasteiger charge is -2.34. The van der Waals surface area contributed by atoms with Gasteiger partial charge in [-0.05, 0) is 18.4 Å². The number of carbonyl (C=O) groups is 3. The SMILES string of the molecule is CCOC(=O)N1CCN(C(=O)Cc2csc(NC(=O)c3ccsc3)n2)CC1. The van der Waals surface area contributed by atoms with Gasteiger partial charge in [-0.3, -0.25) is 14.9 Å². The van der Waals surface area contributed by atoms with Gasteiger partial charge in [-0.1, -0.05) is 0 Å². The normalized spacial score (nSPS) is 14.1. The highest BCUT2D eigenvalue weighted by Gasteiger charge is 2.25. The van der Waals surface area contributed by atoms with Gasteiger partial charge in [0.1, 0.15) is 0 Å². The van der Waals surface area contributed by atoms with Crippen molar-refractivity contribution < 1.29 is 19.1 Å². The highest BCUT2D eigenvalue weighted by molar-refractivity contribution is 7.14. The Morgan fingerprint density at radius 2 is 1.93 bits per heavy atom. The summed E-state index contributed by atoms with van der Waals surface area (Å²) in [6.07, 6.45) is -0.167. The van der Waals surface area contributed by atoms with Crippen molar-refractivity contribution in [3.8, 4) is 0 Å². The fraction of sp³-hybridized carbons (Fsp3) is 0.412. The Bertz CT molecular complexity index is 798. The molecule has 2 aromatic heterocycles. The fourth-order valence-corrected chi connectivity index (χ4v) is 3.97. The zero-order chi connectivity index (χ0) is 19.2. The number of anilines is 1. The average molecular weight is 409 g/mol. The van der Waals surface area contributed by atoms with Gasteiger partial charge < -0.3 is 14.5 Å². The Hall–Kier alpha value is -2.46. The van der Waals surface area contributed by atoms with Crippen molar-refractivity contribution in [3.63, 3.8) is 0 Å². The molecule has 0 aromatic carbocycles. The van der Waals surface area contributed by atoms with E-state index in [0.29, 0.717) is 49.2 Å². The third kappa shape index (κ3) is 5.04. The summed E-state index contributed by atoms with van der Waals surface area (Å²) in [5.41, 5.74) is 1.21. The van der Waals surface area contributed by atoms with E-state index in [0.717, 1.165) is 0 Å². The Morgan fingerprint density at radius 1 is 1.19 bits per heavy atom. The summed E-state index contributed by atoms with van der Waals surface area (Å²) in [5.74, 6) is -0.252. The number of amides is 3. The van der Waals surface area contributed by atoms with Crippen LogP contribution >= 0.6 is 22.7 Å². The Kier molecular flexibility index (Phi) is 6.40. The zero-order valence-corrected chi connectivity index (χ0v) is 16.5. The third-order valence-electron chi connectivity index (χ3n) is 4.05. The highest BCUT2D eigenvalue weighted by Crippen LogP contribution is 2.18. The summed E-state index contributed by atoms with van der Waals surface area (Å²) in [7, 11) is 0. The summed E-state index contributed by atoms with van der Waals surface area (Å²) in [6.45, 7) is 3.98. The van der Waals surface area contributed by atoms with Crippen LogP contribution in [-0.4, -0.2) is 65.5 Å². The topological polar surface area (TPSA) is 91.8 Å². The lowest BCUT2D eigenvalue weighted by molar-refractivity contribution is -0.132. The molecule has 27 heavy (non-hydrogen) atoms. The maximum absolute atomic E-state index is 12.5. The minimum Gasteiger partial charge on any atom is -0.450 e. The second-order valence-corrected chi connectivity index (χ2v) is 7.49. The van der Waals surface area contributed by atoms with Crippen LogP contribution in [0.5, 0.6) is 0 Å². The Morgan fingerprint density at radius 3 is 2.59 bits per heavy atom. The van der Waals surface area contributed by atoms with E-state index >= 15 is 0 Å². The minimum absolute atomic E-state index is 0.0421. The summed E-state index contributed by atoms with van der Waals surface area (Å²) in [5, 5.41) is 8.59. The van der Waals surface area contributed by atoms with Gasteiger partial charge in [-0.2, -0.15) is 11.3 Å². The van der Waals surface area contributed by atoms with Crippen LogP contribution in [0.25, 0.3) is 0 Å². The van der Waals surface area contributed by atoms with Crippen molar-refractivity contribution in [1.82, 2.24) is 14.8 Å². The molecule has 10 heteroatoms. The van der Waals surface area contributed by atoms with Crippen LogP contribution in [0, 0.1) is 0 Å². The predicted octanol–water partition coefficient (Wildman–Crippen LogP) is 2.30. The summed E-state index contributed by atoms with van der Waals surface area (Å²) < 4.78 is 4.97. The second-order valence-electron chi connectivity index (χ2n) is 5.85. The smallest absolute Gasteiger partial charge is 0.409 e. The lowest BCUT2D eigenvalue weighted by atomic mass is 10.2. The number of thiophene rings is 1. The number of thiazole rings is 1. The van der Waals surface area contributed by atoms with Crippen molar-refractivity contribution in [3.05, 3.63) is 33.5 Å². The van der Waals surface area contributed by atoms with Crippen LogP contribution in [-0.2, 0) is 16.0 Å². The molecule has 0 unspecified atom stereocenters. The molecule has 2 aromatic rings. The monoisotopic (exact) mass is 408 g/mol. The lowest BCUT2D eigenvalue weighted by Crippen LogP contribution is -2.51. The number of carbonyl (C=O) groups excluding carboxylic acids is 3. The first kappa shape index (κ1) is 19.3. The van der Waals surface area contributed by atoms with E-state index in [-0.39, 0.29) is 24.3 Å². The maximum Gasteiger partial charge on any atom is 0.409 e. The first-order valence-electron chi connectivity index (χ1n) is 8.54. The van der Waals surface area contributed by atoms with E-state index in [2.05, 4.69) is 10.3 Å². The third-order valence-corrected chi connectivity index (χ3v) is 5.54. The molecular formula is C17H20N4O4S2. The first-order chi connectivity index (χ1) is 13.1. The average Bonchev–Trinajstić information content (AvgIpc) is 3.34. The van der Waals surface area contributed by atoms with Gasteiger partial charge in [0, 0.05) is 36.9 Å². The fourth-order valence-electron chi connectivity index (χ4n) is 2.63. The molecule has 0 aliphatic carbocycles. The van der Waals surface area contributed by atoms with Crippen LogP contribution in [0.3, 0.4) is 0 Å². The van der Waals surface area contributed by atoms with Crippen molar-refractivity contribution >= 4 is 45.7 Å². The number of nitrogens with one attached hydrogen (secondary N) is 1. The van der Waals surface area contributed by atoms with Crippen molar-refractivity contribution in [2.45, 2.75) is 13.3 Å². The molecule has 1 aliphatic rings. The molecule has 0 atom stereocenters. The van der Waals surface area contributed by atoms with Gasteiger partial charge >= 0.3 is 6.09 Å². The molecule has 1 aliphatic heterocycles. The van der Waals surface area contributed by atoms with Crippen LogP contribution in [0.4, 0.5) is 9.93 Å². The van der Waals surface area contributed by atoms with E-state index < -0.39 is 0 Å². The zero-order valence-electron chi connectivity index (χ0n) is 14.8. The number of aromatic nitrogens is 1. The molecule has 3 amide bonds. The second kappa shape index (κ2) is 8.96. The summed E-state index contributed by atoms with van der Waals surface area (Å²) in [6, 6.07) is 1.74. The van der Waals surface area contributed by atoms with Gasteiger partial charge in [0.15, 0.2) is 5.13 Å². The van der Waals surface area contributed by atoms with Gasteiger partial charge in [0.25, 0.3) is 5.91 Å². The molecule has 8 nitrogen and oxygen atoms in total. The van der Waals surface area contributed by atoms with Crippen LogP contribution in [0.1, 0.15) is 23.0 Å². The summed E-state index contributed by atoms with van der Waals surface area (Å²) in [4.78, 5) is 43.8. The molecular weight excluding hydrogens is 388 g/mol. The number of nitrogens with zero attached hydrogens (tertiary/aromatic N) is 3. The number of hydrogen-bond donors (Lipinski definition) is 1. The van der Waals surface area contributed by atoms with E-state index in [1.807, 2.05) is 5.38 Å². The quantitative estimate of drug-likeness (QED) is 0.820. The molecule has 3 heterocycles. The van der Waals surface area contributed by atoms with Gasteiger partial charge in [0.2, 0.25) is 5.91 Å². The van der Waals surface area contributed by atoms with Crippen molar-refractivity contribution in [2.75, 3.05) is 38.1 Å². The maximum atomic E-state index is 12.5. The van der Waals surface area contributed by atoms with Gasteiger partial charge in [-0.25, -0.2) is 9.78 Å². The van der Waals surface area contributed by atoms with E-state index in [9.17, 15) is 14.4 Å². The minimum atomic E-state index is -0.338. The molecule has 0 spiro atoms. The van der Waals surface area contributed by atoms with E-state index in [4.69, 9.17) is 4.74 Å². The molecule has 3 rings (SSSR count). The van der Waals surface area contributed by atoms with Crippen molar-refractivity contribution in [1.29, 1.82) is 0 Å². The summed E-state index contributed by atoms with van der Waals surface area (Å²) >= 11 is 2.75. The van der Waals surface area contributed by atoms with Crippen LogP contribution < -0.4 is 5.32 Å². The number of rotatable bonds is 5. The first-order valence-corrected chi connectivity index (χ1v) is 10.4. The molecule has 1 saturated heterocycles. The molecule has 144 valence electrons. The van der Waals surface area contributed by atoms with Crippen LogP contribution in [0.2, 0.25) is 0 Å². The standard InChI is InChI=1S/C17H20N4O4S2/c1-2-25-17(24)21-6-4-20(5-7-21)14(22)9-13-11-27-16(18-13)19-15(23)12-3-8-26-10-12/h3,8,10-11H,2,4-7,9H2,1H3,(H,18,19,23). The van der Waals surface area contributed by atoms with E-state index in [1.165, 1.54) is 22.7 Å². The predicted molar refractivity (Wildman–Crippen MR) is 103 cm³/mol. The molecule has 1 fully saturated rings. The highest BCUT2D eigenvalue weighted by atomic mass is 32.1. The van der Waals surface area contributed by atoms with E-state index in [1.54, 1.807) is 33.6 Å². The Labute approximate surface area is 164 Å². The molecule has 0 saturated carbocycles. The van der Waals surface area contributed by atoms with Crippen LogP contribution in [0.15, 0.2) is 22.2 Å². The van der Waals surface area contributed by atoms with Crippen molar-refractivity contribution in [2.24, 2.45) is 0 Å². The molecule has 1 N–H and O–H groups in total. The number of ether oxygens (including phenoxy) is 1. The number of hydrogen-bond acceptors (Lipinski definition) is 7. The number of piperazine rings is 1. The Balaban J connectivity index is 1.48. The van der Waals surface area contributed by atoms with Gasteiger partial charge in [0.05, 0.1) is 24.3 Å². The largest absolute Gasteiger partial charge is 0.450 e.